The van der Waals surface area contributed by atoms with Gasteiger partial charge in [-0.05, 0) is 48.9 Å². The average Bonchev–Trinajstić information content (AvgIpc) is 2.56. The van der Waals surface area contributed by atoms with Gasteiger partial charge in [-0.25, -0.2) is 0 Å². The highest BCUT2D eigenvalue weighted by Crippen LogP contribution is 2.28. The number of amides is 1. The molecule has 0 aliphatic rings. The first kappa shape index (κ1) is 16.7. The molecule has 0 aromatic heterocycles. The number of carbonyl (C=O) groups excluding carboxylic acids is 1. The fourth-order valence-electron chi connectivity index (χ4n) is 2.30. The lowest BCUT2D eigenvalue weighted by Crippen LogP contribution is -2.15. The van der Waals surface area contributed by atoms with Crippen molar-refractivity contribution in [3.63, 3.8) is 0 Å². The zero-order valence-electron chi connectivity index (χ0n) is 13.8. The van der Waals surface area contributed by atoms with Crippen LogP contribution in [0.5, 0.6) is 17.2 Å². The topological polar surface area (TPSA) is 56.8 Å². The first-order valence-corrected chi connectivity index (χ1v) is 7.22. The molecule has 2 rings (SSSR count). The Balaban J connectivity index is 2.12. The molecule has 0 atom stereocenters. The predicted molar refractivity (Wildman–Crippen MR) is 89.6 cm³/mol. The maximum absolute atomic E-state index is 12.3. The van der Waals surface area contributed by atoms with Crippen LogP contribution in [0.25, 0.3) is 0 Å². The lowest BCUT2D eigenvalue weighted by Gasteiger charge is -2.13. The van der Waals surface area contributed by atoms with E-state index in [2.05, 4.69) is 5.32 Å². The van der Waals surface area contributed by atoms with Crippen LogP contribution in [0.2, 0.25) is 0 Å². The lowest BCUT2D eigenvalue weighted by atomic mass is 10.1. The van der Waals surface area contributed by atoms with Gasteiger partial charge in [-0.3, -0.25) is 4.79 Å². The molecule has 0 fully saturated rings. The number of aryl methyl sites for hydroxylation is 1. The third-order valence-electron chi connectivity index (χ3n) is 3.52. The molecular weight excluding hydrogens is 294 g/mol. The van der Waals surface area contributed by atoms with Crippen LogP contribution in [0.4, 0.5) is 5.69 Å². The van der Waals surface area contributed by atoms with Gasteiger partial charge in [0.25, 0.3) is 0 Å². The van der Waals surface area contributed by atoms with Crippen LogP contribution in [0, 0.1) is 6.92 Å². The van der Waals surface area contributed by atoms with Crippen LogP contribution < -0.4 is 19.5 Å². The highest BCUT2D eigenvalue weighted by molar-refractivity contribution is 5.92. The molecule has 0 unspecified atom stereocenters. The van der Waals surface area contributed by atoms with E-state index in [-0.39, 0.29) is 12.3 Å². The largest absolute Gasteiger partial charge is 0.497 e. The summed E-state index contributed by atoms with van der Waals surface area (Å²) in [6.07, 6.45) is 0.200. The molecular formula is C18H21NO4. The maximum atomic E-state index is 12.3. The van der Waals surface area contributed by atoms with Gasteiger partial charge in [0.1, 0.15) is 17.2 Å². The minimum Gasteiger partial charge on any atom is -0.497 e. The van der Waals surface area contributed by atoms with Gasteiger partial charge in [0.15, 0.2) is 0 Å². The van der Waals surface area contributed by atoms with E-state index in [9.17, 15) is 4.79 Å². The third kappa shape index (κ3) is 4.16. The summed E-state index contributed by atoms with van der Waals surface area (Å²) >= 11 is 0. The molecule has 2 aromatic carbocycles. The Morgan fingerprint density at radius 3 is 2.17 bits per heavy atom. The number of nitrogens with one attached hydrogen (secondary N) is 1. The van der Waals surface area contributed by atoms with Gasteiger partial charge in [-0.1, -0.05) is 0 Å². The van der Waals surface area contributed by atoms with Gasteiger partial charge in [0, 0.05) is 11.3 Å². The number of rotatable bonds is 6. The fourth-order valence-corrected chi connectivity index (χ4v) is 2.30. The molecule has 5 heteroatoms. The normalized spacial score (nSPS) is 10.1. The number of carbonyl (C=O) groups is 1. The van der Waals surface area contributed by atoms with Crippen molar-refractivity contribution in [2.45, 2.75) is 13.3 Å². The summed E-state index contributed by atoms with van der Waals surface area (Å²) in [5, 5.41) is 2.85. The average molecular weight is 315 g/mol. The minimum absolute atomic E-state index is 0.126. The van der Waals surface area contributed by atoms with E-state index in [1.54, 1.807) is 45.6 Å². The van der Waals surface area contributed by atoms with Crippen molar-refractivity contribution < 1.29 is 19.0 Å². The fraction of sp³-hybridized carbons (Fsp3) is 0.278. The number of benzene rings is 2. The van der Waals surface area contributed by atoms with Crippen LogP contribution in [0.3, 0.4) is 0 Å². The summed E-state index contributed by atoms with van der Waals surface area (Å²) in [5.74, 6) is 2.03. The highest BCUT2D eigenvalue weighted by atomic mass is 16.5. The smallest absolute Gasteiger partial charge is 0.228 e. The highest BCUT2D eigenvalue weighted by Gasteiger charge is 2.12. The first-order chi connectivity index (χ1) is 11.1. The van der Waals surface area contributed by atoms with Gasteiger partial charge in [0.2, 0.25) is 5.91 Å². The molecule has 0 radical (unpaired) electrons. The standard InChI is InChI=1S/C18H21NO4/c1-12-9-17(23-4)13(10-16(12)22-3)11-18(20)19-14-5-7-15(21-2)8-6-14/h5-10H,11H2,1-4H3,(H,19,20). The Kier molecular flexibility index (Phi) is 5.46. The van der Waals surface area contributed by atoms with E-state index in [1.807, 2.05) is 19.1 Å². The Hall–Kier alpha value is -2.69. The number of hydrogen-bond acceptors (Lipinski definition) is 4. The van der Waals surface area contributed by atoms with Crippen molar-refractivity contribution in [3.05, 3.63) is 47.5 Å². The molecule has 5 nitrogen and oxygen atoms in total. The summed E-state index contributed by atoms with van der Waals surface area (Å²) in [7, 11) is 4.80. The van der Waals surface area contributed by atoms with Crippen LogP contribution in [0.15, 0.2) is 36.4 Å². The molecule has 0 saturated carbocycles. The van der Waals surface area contributed by atoms with E-state index >= 15 is 0 Å². The quantitative estimate of drug-likeness (QED) is 0.889. The minimum atomic E-state index is -0.126. The molecule has 2 aromatic rings. The van der Waals surface area contributed by atoms with Crippen molar-refractivity contribution in [2.75, 3.05) is 26.6 Å². The number of methoxy groups -OCH3 is 3. The molecule has 0 saturated heterocycles. The van der Waals surface area contributed by atoms with Crippen molar-refractivity contribution in [3.8, 4) is 17.2 Å². The van der Waals surface area contributed by atoms with Crippen LogP contribution >= 0.6 is 0 Å². The van der Waals surface area contributed by atoms with E-state index in [4.69, 9.17) is 14.2 Å². The van der Waals surface area contributed by atoms with Gasteiger partial charge in [-0.2, -0.15) is 0 Å². The second-order valence-electron chi connectivity index (χ2n) is 5.09. The van der Waals surface area contributed by atoms with E-state index in [0.717, 1.165) is 22.6 Å². The molecule has 0 bridgehead atoms. The number of hydrogen-bond donors (Lipinski definition) is 1. The van der Waals surface area contributed by atoms with Crippen LogP contribution in [-0.4, -0.2) is 27.2 Å². The summed E-state index contributed by atoms with van der Waals surface area (Å²) in [6.45, 7) is 1.93. The van der Waals surface area contributed by atoms with Crippen LogP contribution in [-0.2, 0) is 11.2 Å². The molecule has 0 spiro atoms. The second kappa shape index (κ2) is 7.54. The zero-order chi connectivity index (χ0) is 16.8. The number of anilines is 1. The van der Waals surface area contributed by atoms with E-state index < -0.39 is 0 Å². The molecule has 23 heavy (non-hydrogen) atoms. The molecule has 1 amide bonds. The summed E-state index contributed by atoms with van der Waals surface area (Å²) in [5.41, 5.74) is 2.46. The zero-order valence-corrected chi connectivity index (χ0v) is 13.8. The van der Waals surface area contributed by atoms with Gasteiger partial charge in [0.05, 0.1) is 27.8 Å². The first-order valence-electron chi connectivity index (χ1n) is 7.22. The van der Waals surface area contributed by atoms with Crippen molar-refractivity contribution >= 4 is 11.6 Å². The van der Waals surface area contributed by atoms with Crippen molar-refractivity contribution in [1.82, 2.24) is 0 Å². The van der Waals surface area contributed by atoms with Gasteiger partial charge < -0.3 is 19.5 Å². The van der Waals surface area contributed by atoms with E-state index in [1.165, 1.54) is 0 Å². The summed E-state index contributed by atoms with van der Waals surface area (Å²) < 4.78 is 15.8. The molecule has 1 N–H and O–H groups in total. The second-order valence-corrected chi connectivity index (χ2v) is 5.09. The monoisotopic (exact) mass is 315 g/mol. The maximum Gasteiger partial charge on any atom is 0.228 e. The van der Waals surface area contributed by atoms with Crippen molar-refractivity contribution in [2.24, 2.45) is 0 Å². The molecule has 0 heterocycles. The Morgan fingerprint density at radius 1 is 0.957 bits per heavy atom. The van der Waals surface area contributed by atoms with Crippen molar-refractivity contribution in [1.29, 1.82) is 0 Å². The summed E-state index contributed by atoms with van der Waals surface area (Å²) in [6, 6.07) is 10.9. The van der Waals surface area contributed by atoms with Gasteiger partial charge >= 0.3 is 0 Å². The molecule has 122 valence electrons. The predicted octanol–water partition coefficient (Wildman–Crippen LogP) is 3.20. The molecule has 0 aliphatic carbocycles. The van der Waals surface area contributed by atoms with E-state index in [0.29, 0.717) is 11.4 Å². The lowest BCUT2D eigenvalue weighted by molar-refractivity contribution is -0.115. The Labute approximate surface area is 136 Å². The van der Waals surface area contributed by atoms with Gasteiger partial charge in [-0.15, -0.1) is 0 Å². The Morgan fingerprint density at radius 2 is 1.61 bits per heavy atom. The molecule has 0 aliphatic heterocycles. The number of ether oxygens (including phenoxy) is 3. The summed E-state index contributed by atoms with van der Waals surface area (Å²) in [4.78, 5) is 12.3. The van der Waals surface area contributed by atoms with Crippen LogP contribution in [0.1, 0.15) is 11.1 Å². The Bertz CT molecular complexity index is 680. The SMILES string of the molecule is COc1ccc(NC(=O)Cc2cc(OC)c(C)cc2OC)cc1. The third-order valence-corrected chi connectivity index (χ3v) is 3.52.